The van der Waals surface area contributed by atoms with Crippen molar-refractivity contribution < 1.29 is 33.4 Å². The zero-order valence-corrected chi connectivity index (χ0v) is 15.9. The summed E-state index contributed by atoms with van der Waals surface area (Å²) in [6.45, 7) is 1.53. The molecule has 2 aliphatic heterocycles. The van der Waals surface area contributed by atoms with E-state index in [1.807, 2.05) is 12.1 Å². The Balaban J connectivity index is 0.000000419. The Morgan fingerprint density at radius 1 is 0.862 bits per heavy atom. The lowest BCUT2D eigenvalue weighted by Crippen LogP contribution is -2.28. The van der Waals surface area contributed by atoms with E-state index in [-0.39, 0.29) is 13.6 Å². The van der Waals surface area contributed by atoms with Crippen molar-refractivity contribution in [3.8, 4) is 23.0 Å². The van der Waals surface area contributed by atoms with Gasteiger partial charge in [0, 0.05) is 11.4 Å². The van der Waals surface area contributed by atoms with Gasteiger partial charge in [0.2, 0.25) is 19.1 Å². The maximum absolute atomic E-state index is 8.89. The number of hydrogen-bond acceptors (Lipinski definition) is 6. The topological polar surface area (TPSA) is 80.9 Å². The number of carbonyl (C=O) groups is 1. The Morgan fingerprint density at radius 3 is 2.31 bits per heavy atom. The second-order valence-electron chi connectivity index (χ2n) is 6.88. The molecule has 0 fully saturated rings. The number of aliphatic carboxylic acids is 1. The smallest absolute Gasteiger partial charge is 0.231 e. The summed E-state index contributed by atoms with van der Waals surface area (Å²) in [5, 5.41) is 14.5. The van der Waals surface area contributed by atoms with Crippen molar-refractivity contribution >= 4 is 38.4 Å². The van der Waals surface area contributed by atoms with Gasteiger partial charge in [-0.15, -0.1) is 0 Å². The van der Waals surface area contributed by atoms with E-state index < -0.39 is 5.97 Å². The maximum Gasteiger partial charge on any atom is 0.231 e. The van der Waals surface area contributed by atoms with Gasteiger partial charge in [-0.3, -0.25) is 0 Å². The number of carbonyl (C=O) groups excluding carboxylic acids is 1. The van der Waals surface area contributed by atoms with Crippen LogP contribution in [0.25, 0.3) is 32.4 Å². The molecule has 0 saturated heterocycles. The van der Waals surface area contributed by atoms with Crippen LogP contribution < -0.4 is 28.6 Å². The highest BCUT2D eigenvalue weighted by atomic mass is 16.7. The molecule has 0 atom stereocenters. The number of fused-ring (bicyclic) bond motifs is 8. The number of ether oxygens (including phenoxy) is 4. The van der Waals surface area contributed by atoms with E-state index in [4.69, 9.17) is 28.8 Å². The summed E-state index contributed by atoms with van der Waals surface area (Å²) in [4.78, 5) is 8.89. The minimum Gasteiger partial charge on any atom is -0.550 e. The van der Waals surface area contributed by atoms with Crippen LogP contribution in [0.3, 0.4) is 0 Å². The fourth-order valence-electron chi connectivity index (χ4n) is 3.91. The maximum atomic E-state index is 8.89. The van der Waals surface area contributed by atoms with E-state index in [0.29, 0.717) is 0 Å². The third-order valence-electron chi connectivity index (χ3n) is 5.03. The Labute approximate surface area is 165 Å². The molecule has 0 N–H and O–H groups in total. The highest BCUT2D eigenvalue weighted by molar-refractivity contribution is 6.15. The van der Waals surface area contributed by atoms with Gasteiger partial charge in [0.05, 0.1) is 16.2 Å². The predicted molar refractivity (Wildman–Crippen MR) is 103 cm³/mol. The van der Waals surface area contributed by atoms with E-state index in [0.717, 1.165) is 57.0 Å². The van der Waals surface area contributed by atoms with Crippen molar-refractivity contribution in [2.75, 3.05) is 13.6 Å². The number of carboxylic acid groups (broad SMARTS) is 1. The summed E-state index contributed by atoms with van der Waals surface area (Å²) in [6, 6.07) is 12.5. The van der Waals surface area contributed by atoms with Crippen LogP contribution >= 0.6 is 0 Å². The molecular weight excluding hydrogens is 374 g/mol. The second-order valence-corrected chi connectivity index (χ2v) is 6.88. The van der Waals surface area contributed by atoms with Crippen molar-refractivity contribution in [1.29, 1.82) is 0 Å². The highest BCUT2D eigenvalue weighted by Gasteiger charge is 2.24. The minimum atomic E-state index is -1.08. The SMILES string of the molecule is CC(=O)[O-].C[n+]1cc2c3c(ccc2c2ccc4cc5c(cc4c21)OCO5)OCO3. The van der Waals surface area contributed by atoms with Crippen LogP contribution in [0.1, 0.15) is 6.92 Å². The zero-order valence-electron chi connectivity index (χ0n) is 15.9. The molecule has 0 spiro atoms. The van der Waals surface area contributed by atoms with Gasteiger partial charge in [0.25, 0.3) is 0 Å². The molecule has 3 heterocycles. The molecule has 0 aliphatic carbocycles. The van der Waals surface area contributed by atoms with Gasteiger partial charge in [0.15, 0.2) is 29.2 Å². The lowest BCUT2D eigenvalue weighted by atomic mass is 10.00. The van der Waals surface area contributed by atoms with Crippen LogP contribution in [0.5, 0.6) is 23.0 Å². The average Bonchev–Trinajstić information content (AvgIpc) is 3.34. The standard InChI is InChI=1S/C20H14NO4.C2H4O2/c1-21-8-15-12(4-5-16-20(15)25-10-22-16)13-3-2-11-6-17-18(24-9-23-17)7-14(11)19(13)21;1-2(3)4/h2-8H,9-10H2,1H3;1H3,(H,3,4)/q+1;/p-1. The number of aryl methyl sites for hydroxylation is 1. The normalized spacial score (nSPS) is 13.6. The molecule has 2 aliphatic rings. The van der Waals surface area contributed by atoms with Crippen molar-refractivity contribution in [3.05, 3.63) is 42.6 Å². The summed E-state index contributed by atoms with van der Waals surface area (Å²) in [7, 11) is 2.06. The quantitative estimate of drug-likeness (QED) is 0.338. The Hall–Kier alpha value is -3.74. The van der Waals surface area contributed by atoms with E-state index in [2.05, 4.69) is 42.1 Å². The Kier molecular flexibility index (Phi) is 3.84. The number of rotatable bonds is 0. The molecule has 0 unspecified atom stereocenters. The van der Waals surface area contributed by atoms with Crippen molar-refractivity contribution in [2.24, 2.45) is 7.05 Å². The van der Waals surface area contributed by atoms with E-state index in [9.17, 15) is 0 Å². The summed E-state index contributed by atoms with van der Waals surface area (Å²) in [5.41, 5.74) is 1.15. The molecular formula is C22H17NO6. The van der Waals surface area contributed by atoms with Gasteiger partial charge in [0.1, 0.15) is 7.05 Å². The van der Waals surface area contributed by atoms with Crippen LogP contribution in [0.4, 0.5) is 0 Å². The van der Waals surface area contributed by atoms with Crippen LogP contribution in [0, 0.1) is 0 Å². The van der Waals surface area contributed by atoms with E-state index in [1.54, 1.807) is 0 Å². The number of hydrogen-bond donors (Lipinski definition) is 0. The Bertz CT molecular complexity index is 1310. The van der Waals surface area contributed by atoms with Crippen molar-refractivity contribution in [1.82, 2.24) is 0 Å². The van der Waals surface area contributed by atoms with Crippen LogP contribution in [-0.4, -0.2) is 19.6 Å². The summed E-state index contributed by atoms with van der Waals surface area (Å²) >= 11 is 0. The van der Waals surface area contributed by atoms with Gasteiger partial charge in [-0.1, -0.05) is 6.07 Å². The highest BCUT2D eigenvalue weighted by Crippen LogP contribution is 2.42. The molecule has 0 saturated carbocycles. The monoisotopic (exact) mass is 391 g/mol. The number of aromatic nitrogens is 1. The molecule has 146 valence electrons. The first-order chi connectivity index (χ1) is 14.0. The third-order valence-corrected chi connectivity index (χ3v) is 5.03. The predicted octanol–water partition coefficient (Wildman–Crippen LogP) is 2.18. The first-order valence-electron chi connectivity index (χ1n) is 9.07. The molecule has 0 radical (unpaired) electrons. The van der Waals surface area contributed by atoms with Crippen molar-refractivity contribution in [3.63, 3.8) is 0 Å². The largest absolute Gasteiger partial charge is 0.550 e. The van der Waals surface area contributed by atoms with E-state index in [1.165, 1.54) is 5.39 Å². The molecule has 7 heteroatoms. The third kappa shape index (κ3) is 2.74. The summed E-state index contributed by atoms with van der Waals surface area (Å²) in [6.07, 6.45) is 2.11. The van der Waals surface area contributed by atoms with Gasteiger partial charge in [-0.25, -0.2) is 0 Å². The minimum absolute atomic E-state index is 0.275. The summed E-state index contributed by atoms with van der Waals surface area (Å²) < 4.78 is 24.4. The molecule has 6 rings (SSSR count). The lowest BCUT2D eigenvalue weighted by molar-refractivity contribution is -0.642. The molecule has 3 aromatic carbocycles. The fraction of sp³-hybridized carbons (Fsp3) is 0.182. The number of benzene rings is 3. The first-order valence-corrected chi connectivity index (χ1v) is 9.07. The molecule has 0 bridgehead atoms. The summed E-state index contributed by atoms with van der Waals surface area (Å²) in [5.74, 6) is 2.14. The van der Waals surface area contributed by atoms with Gasteiger partial charge in [-0.05, 0) is 42.6 Å². The van der Waals surface area contributed by atoms with Gasteiger partial charge < -0.3 is 28.8 Å². The molecule has 7 nitrogen and oxygen atoms in total. The van der Waals surface area contributed by atoms with Gasteiger partial charge in [-0.2, -0.15) is 4.57 Å². The molecule has 1 aromatic heterocycles. The Morgan fingerprint density at radius 2 is 1.52 bits per heavy atom. The second kappa shape index (κ2) is 6.41. The molecule has 29 heavy (non-hydrogen) atoms. The number of carboxylic acids is 1. The van der Waals surface area contributed by atoms with E-state index >= 15 is 0 Å². The lowest BCUT2D eigenvalue weighted by Gasteiger charge is -2.08. The van der Waals surface area contributed by atoms with Gasteiger partial charge >= 0.3 is 0 Å². The van der Waals surface area contributed by atoms with Crippen LogP contribution in [-0.2, 0) is 11.8 Å². The average molecular weight is 391 g/mol. The van der Waals surface area contributed by atoms with Crippen LogP contribution in [0.2, 0.25) is 0 Å². The zero-order chi connectivity index (χ0) is 20.1. The van der Waals surface area contributed by atoms with Crippen molar-refractivity contribution in [2.45, 2.75) is 6.92 Å². The molecule has 4 aromatic rings. The van der Waals surface area contributed by atoms with Crippen LogP contribution in [0.15, 0.2) is 42.6 Å². The first kappa shape index (κ1) is 17.4. The number of pyridine rings is 1. The molecule has 0 amide bonds. The fourth-order valence-corrected chi connectivity index (χ4v) is 3.91. The number of nitrogens with zero attached hydrogens (tertiary/aromatic N) is 1.